The highest BCUT2D eigenvalue weighted by Gasteiger charge is 2.36. The summed E-state index contributed by atoms with van der Waals surface area (Å²) in [4.78, 5) is 31.9. The van der Waals surface area contributed by atoms with Crippen molar-refractivity contribution in [2.24, 2.45) is 0 Å². The zero-order valence-electron chi connectivity index (χ0n) is 16.8. The van der Waals surface area contributed by atoms with Crippen LogP contribution in [-0.4, -0.2) is 51.8 Å². The van der Waals surface area contributed by atoms with E-state index in [0.29, 0.717) is 30.9 Å². The fourth-order valence-electron chi connectivity index (χ4n) is 3.47. The zero-order valence-corrected chi connectivity index (χ0v) is 17.6. The molecule has 2 N–H and O–H groups in total. The van der Waals surface area contributed by atoms with Gasteiger partial charge in [0.15, 0.2) is 11.5 Å². The highest BCUT2D eigenvalue weighted by Crippen LogP contribution is 2.27. The number of hydrogen-bond acceptors (Lipinski definition) is 6. The molecule has 156 valence electrons. The van der Waals surface area contributed by atoms with E-state index in [4.69, 9.17) is 0 Å². The normalized spacial score (nSPS) is 16.0. The van der Waals surface area contributed by atoms with Crippen molar-refractivity contribution < 1.29 is 14.7 Å². The summed E-state index contributed by atoms with van der Waals surface area (Å²) in [6.07, 6.45) is 1.42. The third kappa shape index (κ3) is 3.81. The first-order chi connectivity index (χ1) is 14.5. The number of nitrogens with zero attached hydrogens (tertiary/aromatic N) is 4. The van der Waals surface area contributed by atoms with Crippen LogP contribution in [0.5, 0.6) is 0 Å². The molecule has 30 heavy (non-hydrogen) atoms. The molecule has 0 aliphatic carbocycles. The number of fused-ring (bicyclic) bond motifs is 1. The van der Waals surface area contributed by atoms with Gasteiger partial charge >= 0.3 is 0 Å². The van der Waals surface area contributed by atoms with Gasteiger partial charge in [-0.3, -0.25) is 14.5 Å². The van der Waals surface area contributed by atoms with Crippen molar-refractivity contribution in [3.8, 4) is 11.1 Å². The Morgan fingerprint density at radius 3 is 2.63 bits per heavy atom. The average molecular weight is 426 g/mol. The Bertz CT molecular complexity index is 1050. The summed E-state index contributed by atoms with van der Waals surface area (Å²) in [6, 6.07) is 9.83. The van der Waals surface area contributed by atoms with Crippen LogP contribution in [0.25, 0.3) is 11.1 Å². The zero-order chi connectivity index (χ0) is 21.3. The number of thiophene rings is 1. The van der Waals surface area contributed by atoms with E-state index in [1.807, 2.05) is 29.6 Å². The molecule has 0 radical (unpaired) electrons. The minimum absolute atomic E-state index is 0.0803. The van der Waals surface area contributed by atoms with Crippen LogP contribution in [0, 0.1) is 0 Å². The van der Waals surface area contributed by atoms with Crippen LogP contribution >= 0.6 is 11.3 Å². The second-order valence-electron chi connectivity index (χ2n) is 7.22. The lowest BCUT2D eigenvalue weighted by Gasteiger charge is -2.36. The van der Waals surface area contributed by atoms with Gasteiger partial charge < -0.3 is 19.9 Å². The first-order valence-electron chi connectivity index (χ1n) is 9.61. The average Bonchev–Trinajstić information content (AvgIpc) is 3.42. The summed E-state index contributed by atoms with van der Waals surface area (Å²) in [5, 5.41) is 17.1. The maximum atomic E-state index is 12.5. The van der Waals surface area contributed by atoms with Crippen molar-refractivity contribution >= 4 is 34.7 Å². The molecule has 0 fully saturated rings. The lowest BCUT2D eigenvalue weighted by atomic mass is 10.1. The number of hydrogen-bond donors (Lipinski definition) is 2. The number of imidazole rings is 1. The number of amides is 2. The molecule has 2 amide bonds. The van der Waals surface area contributed by atoms with Crippen LogP contribution in [-0.2, 0) is 11.3 Å². The third-order valence-electron chi connectivity index (χ3n) is 5.19. The molecule has 3 heterocycles. The first kappa shape index (κ1) is 20.1. The van der Waals surface area contributed by atoms with E-state index >= 15 is 0 Å². The molecule has 4 rings (SSSR count). The maximum absolute atomic E-state index is 12.5. The number of aromatic nitrogens is 2. The quantitative estimate of drug-likeness (QED) is 0.634. The summed E-state index contributed by atoms with van der Waals surface area (Å²) in [7, 11) is 3.22. The van der Waals surface area contributed by atoms with Gasteiger partial charge in [0.1, 0.15) is 0 Å². The standard InChI is InChI=1S/C21H23N5O3S/c1-24-19-18(20(28)25(2)21(24)29)26(13-22-19)10-3-4-17(27)23-16-7-5-14(6-8-16)15-9-11-30-12-15/h5-9,11-13,21,29H,3-4,10H2,1-2H3,(H,23,27). The van der Waals surface area contributed by atoms with Gasteiger partial charge in [-0.25, -0.2) is 4.98 Å². The monoisotopic (exact) mass is 425 g/mol. The van der Waals surface area contributed by atoms with Crippen molar-refractivity contribution in [1.29, 1.82) is 0 Å². The molecular formula is C21H23N5O3S. The first-order valence-corrected chi connectivity index (χ1v) is 10.6. The van der Waals surface area contributed by atoms with Crippen molar-refractivity contribution in [1.82, 2.24) is 14.5 Å². The fraction of sp³-hybridized carbons (Fsp3) is 0.286. The topological polar surface area (TPSA) is 90.7 Å². The number of rotatable bonds is 6. The molecule has 0 saturated carbocycles. The molecule has 1 aliphatic rings. The van der Waals surface area contributed by atoms with Gasteiger partial charge in [-0.1, -0.05) is 12.1 Å². The fourth-order valence-corrected chi connectivity index (χ4v) is 4.13. The van der Waals surface area contributed by atoms with E-state index in [2.05, 4.69) is 21.7 Å². The number of carbonyl (C=O) groups excluding carboxylic acids is 2. The summed E-state index contributed by atoms with van der Waals surface area (Å²) >= 11 is 1.65. The molecule has 2 aromatic heterocycles. The lowest BCUT2D eigenvalue weighted by molar-refractivity contribution is -0.116. The number of aliphatic hydroxyl groups is 1. The second kappa shape index (κ2) is 8.29. The summed E-state index contributed by atoms with van der Waals surface area (Å²) in [6.45, 7) is 0.483. The van der Waals surface area contributed by atoms with Gasteiger partial charge in [-0.2, -0.15) is 11.3 Å². The van der Waals surface area contributed by atoms with Crippen molar-refractivity contribution in [2.75, 3.05) is 24.3 Å². The van der Waals surface area contributed by atoms with E-state index in [0.717, 1.165) is 11.3 Å². The Labute approximate surface area is 178 Å². The largest absolute Gasteiger partial charge is 0.356 e. The van der Waals surface area contributed by atoms with E-state index in [1.165, 1.54) is 10.5 Å². The molecular weight excluding hydrogens is 402 g/mol. The van der Waals surface area contributed by atoms with Gasteiger partial charge in [-0.15, -0.1) is 0 Å². The van der Waals surface area contributed by atoms with Crippen LogP contribution in [0.4, 0.5) is 11.5 Å². The molecule has 3 aromatic rings. The van der Waals surface area contributed by atoms with Gasteiger partial charge in [0.25, 0.3) is 5.91 Å². The smallest absolute Gasteiger partial charge is 0.277 e. The molecule has 1 aliphatic heterocycles. The molecule has 1 unspecified atom stereocenters. The lowest BCUT2D eigenvalue weighted by Crippen LogP contribution is -2.52. The minimum Gasteiger partial charge on any atom is -0.356 e. The summed E-state index contributed by atoms with van der Waals surface area (Å²) in [5.74, 6) is 0.0762. The number of aliphatic hydroxyl groups excluding tert-OH is 1. The number of carbonyl (C=O) groups is 2. The number of nitrogens with one attached hydrogen (secondary N) is 1. The van der Waals surface area contributed by atoms with Crippen LogP contribution in [0.1, 0.15) is 23.3 Å². The Morgan fingerprint density at radius 1 is 1.17 bits per heavy atom. The Balaban J connectivity index is 1.33. The second-order valence-corrected chi connectivity index (χ2v) is 8.00. The molecule has 1 atom stereocenters. The highest BCUT2D eigenvalue weighted by atomic mass is 32.1. The minimum atomic E-state index is -1.04. The SMILES string of the molecule is CN1C(=O)c2c(ncn2CCCC(=O)Nc2ccc(-c3ccsc3)cc2)N(C)C1O. The van der Waals surface area contributed by atoms with Crippen LogP contribution in [0.2, 0.25) is 0 Å². The number of aryl methyl sites for hydroxylation is 1. The van der Waals surface area contributed by atoms with E-state index in [1.54, 1.807) is 41.2 Å². The maximum Gasteiger partial charge on any atom is 0.277 e. The van der Waals surface area contributed by atoms with Crippen molar-refractivity contribution in [2.45, 2.75) is 25.7 Å². The van der Waals surface area contributed by atoms with Crippen LogP contribution in [0.3, 0.4) is 0 Å². The number of anilines is 2. The van der Waals surface area contributed by atoms with Crippen LogP contribution in [0.15, 0.2) is 47.4 Å². The van der Waals surface area contributed by atoms with Gasteiger partial charge in [-0.05, 0) is 46.5 Å². The molecule has 9 heteroatoms. The molecule has 1 aromatic carbocycles. The summed E-state index contributed by atoms with van der Waals surface area (Å²) < 4.78 is 1.74. The van der Waals surface area contributed by atoms with E-state index in [9.17, 15) is 14.7 Å². The Kier molecular flexibility index (Phi) is 5.56. The molecule has 8 nitrogen and oxygen atoms in total. The van der Waals surface area contributed by atoms with Crippen molar-refractivity contribution in [3.63, 3.8) is 0 Å². The highest BCUT2D eigenvalue weighted by molar-refractivity contribution is 7.08. The van der Waals surface area contributed by atoms with E-state index < -0.39 is 6.35 Å². The third-order valence-corrected chi connectivity index (χ3v) is 5.88. The van der Waals surface area contributed by atoms with Crippen molar-refractivity contribution in [3.05, 3.63) is 53.1 Å². The summed E-state index contributed by atoms with van der Waals surface area (Å²) in [5.41, 5.74) is 3.46. The predicted octanol–water partition coefficient (Wildman–Crippen LogP) is 2.83. The molecule has 0 bridgehead atoms. The molecule has 0 spiro atoms. The number of benzene rings is 1. The van der Waals surface area contributed by atoms with Crippen LogP contribution < -0.4 is 10.2 Å². The molecule has 0 saturated heterocycles. The van der Waals surface area contributed by atoms with E-state index in [-0.39, 0.29) is 11.8 Å². The Morgan fingerprint density at radius 2 is 1.93 bits per heavy atom. The van der Waals surface area contributed by atoms with Gasteiger partial charge in [0.05, 0.1) is 6.33 Å². The predicted molar refractivity (Wildman–Crippen MR) is 116 cm³/mol. The Hall–Kier alpha value is -3.17. The van der Waals surface area contributed by atoms with Gasteiger partial charge in [0.2, 0.25) is 12.3 Å². The van der Waals surface area contributed by atoms with Gasteiger partial charge in [0, 0.05) is 32.7 Å².